The molecule has 2 aromatic rings. The Labute approximate surface area is 134 Å². The lowest BCUT2D eigenvalue weighted by atomic mass is 9.83. The molecule has 0 bridgehead atoms. The zero-order chi connectivity index (χ0) is 15.7. The molecule has 1 heteroatoms. The molecule has 0 amide bonds. The Morgan fingerprint density at radius 2 is 1.95 bits per heavy atom. The van der Waals surface area contributed by atoms with E-state index in [1.165, 1.54) is 34.2 Å². The third kappa shape index (κ3) is 2.96. The van der Waals surface area contributed by atoms with E-state index >= 15 is 0 Å². The van der Waals surface area contributed by atoms with E-state index in [-0.39, 0.29) is 0 Å². The van der Waals surface area contributed by atoms with Gasteiger partial charge in [0.05, 0.1) is 6.04 Å². The molecule has 0 radical (unpaired) electrons. The van der Waals surface area contributed by atoms with E-state index in [1.807, 2.05) is 0 Å². The minimum atomic E-state index is 0.326. The summed E-state index contributed by atoms with van der Waals surface area (Å²) in [6, 6.07) is 16.9. The number of benzene rings is 2. The maximum absolute atomic E-state index is 3.87. The second kappa shape index (κ2) is 6.26. The van der Waals surface area contributed by atoms with Crippen LogP contribution in [-0.4, -0.2) is 6.04 Å². The fourth-order valence-corrected chi connectivity index (χ4v) is 3.46. The highest BCUT2D eigenvalue weighted by atomic mass is 15.0. The first kappa shape index (κ1) is 15.3. The lowest BCUT2D eigenvalue weighted by Gasteiger charge is -2.34. The molecule has 0 saturated heterocycles. The van der Waals surface area contributed by atoms with Crippen LogP contribution in [0.25, 0.3) is 0 Å². The summed E-state index contributed by atoms with van der Waals surface area (Å²) in [6.07, 6.45) is 2.32. The summed E-state index contributed by atoms with van der Waals surface area (Å²) in [6.45, 7) is 9.00. The first-order valence-corrected chi connectivity index (χ1v) is 8.53. The van der Waals surface area contributed by atoms with Crippen LogP contribution in [0.2, 0.25) is 0 Å². The average Bonchev–Trinajstić information content (AvgIpc) is 2.53. The molecule has 1 aliphatic heterocycles. The van der Waals surface area contributed by atoms with E-state index in [4.69, 9.17) is 0 Å². The summed E-state index contributed by atoms with van der Waals surface area (Å²) < 4.78 is 0. The van der Waals surface area contributed by atoms with Gasteiger partial charge in [-0.1, -0.05) is 68.8 Å². The van der Waals surface area contributed by atoms with Crippen molar-refractivity contribution in [2.75, 3.05) is 0 Å². The number of hydrogen-bond acceptors (Lipinski definition) is 1. The molecule has 3 rings (SSSR count). The Hall–Kier alpha value is -1.60. The monoisotopic (exact) mass is 293 g/mol. The Morgan fingerprint density at radius 1 is 1.14 bits per heavy atom. The molecule has 0 fully saturated rings. The van der Waals surface area contributed by atoms with Gasteiger partial charge in [0.15, 0.2) is 0 Å². The third-order valence-corrected chi connectivity index (χ3v) is 4.88. The van der Waals surface area contributed by atoms with Gasteiger partial charge in [0.1, 0.15) is 0 Å². The molecule has 1 aliphatic rings. The van der Waals surface area contributed by atoms with Crippen molar-refractivity contribution < 1.29 is 0 Å². The molecule has 116 valence electrons. The molecule has 2 unspecified atom stereocenters. The molecule has 0 saturated carbocycles. The Morgan fingerprint density at radius 3 is 2.64 bits per heavy atom. The average molecular weight is 293 g/mol. The third-order valence-electron chi connectivity index (χ3n) is 4.88. The molecule has 1 nitrogen and oxygen atoms in total. The van der Waals surface area contributed by atoms with Crippen LogP contribution >= 0.6 is 0 Å². The quantitative estimate of drug-likeness (QED) is 0.827. The number of aryl methyl sites for hydroxylation is 1. The lowest BCUT2D eigenvalue weighted by Crippen LogP contribution is -2.39. The van der Waals surface area contributed by atoms with Gasteiger partial charge < -0.3 is 5.32 Å². The van der Waals surface area contributed by atoms with Gasteiger partial charge in [0, 0.05) is 6.04 Å². The minimum Gasteiger partial charge on any atom is -0.303 e. The maximum atomic E-state index is 3.87. The first-order chi connectivity index (χ1) is 10.6. The molecule has 2 atom stereocenters. The van der Waals surface area contributed by atoms with E-state index in [9.17, 15) is 0 Å². The summed E-state index contributed by atoms with van der Waals surface area (Å²) in [7, 11) is 0. The van der Waals surface area contributed by atoms with Gasteiger partial charge in [0.2, 0.25) is 0 Å². The predicted octanol–water partition coefficient (Wildman–Crippen LogP) is 5.13. The highest BCUT2D eigenvalue weighted by Crippen LogP contribution is 2.33. The summed E-state index contributed by atoms with van der Waals surface area (Å²) in [5.41, 5.74) is 7.15. The van der Waals surface area contributed by atoms with Crippen molar-refractivity contribution in [3.8, 4) is 0 Å². The first-order valence-electron chi connectivity index (χ1n) is 8.53. The highest BCUT2D eigenvalue weighted by molar-refractivity contribution is 5.43. The predicted molar refractivity (Wildman–Crippen MR) is 94.5 cm³/mol. The van der Waals surface area contributed by atoms with Gasteiger partial charge in [-0.15, -0.1) is 0 Å². The van der Waals surface area contributed by atoms with Crippen LogP contribution in [0, 0.1) is 6.92 Å². The summed E-state index contributed by atoms with van der Waals surface area (Å²) in [5, 5.41) is 3.87. The van der Waals surface area contributed by atoms with E-state index in [0.29, 0.717) is 18.0 Å². The van der Waals surface area contributed by atoms with Crippen molar-refractivity contribution in [3.63, 3.8) is 0 Å². The molecule has 0 spiro atoms. The van der Waals surface area contributed by atoms with Crippen LogP contribution in [0.1, 0.15) is 67.0 Å². The van der Waals surface area contributed by atoms with E-state index in [2.05, 4.69) is 75.5 Å². The van der Waals surface area contributed by atoms with E-state index < -0.39 is 0 Å². The second-order valence-electron chi connectivity index (χ2n) is 6.94. The number of rotatable bonds is 3. The summed E-state index contributed by atoms with van der Waals surface area (Å²) >= 11 is 0. The second-order valence-corrected chi connectivity index (χ2v) is 6.94. The molecular formula is C21H27N. The number of hydrogen-bond donors (Lipinski definition) is 1. The normalized spacial score (nSPS) is 21.0. The fraction of sp³-hybridized carbons (Fsp3) is 0.429. The molecule has 0 aromatic heterocycles. The Kier molecular flexibility index (Phi) is 4.35. The van der Waals surface area contributed by atoms with Crippen molar-refractivity contribution in [3.05, 3.63) is 70.3 Å². The summed E-state index contributed by atoms with van der Waals surface area (Å²) in [5.74, 6) is 0.576. The van der Waals surface area contributed by atoms with Crippen molar-refractivity contribution in [2.24, 2.45) is 0 Å². The molecule has 22 heavy (non-hydrogen) atoms. The molecule has 2 aromatic carbocycles. The minimum absolute atomic E-state index is 0.326. The number of nitrogens with one attached hydrogen (secondary N) is 1. The van der Waals surface area contributed by atoms with Crippen molar-refractivity contribution >= 4 is 0 Å². The van der Waals surface area contributed by atoms with Gasteiger partial charge in [-0.05, 0) is 47.9 Å². The zero-order valence-electron chi connectivity index (χ0n) is 14.2. The SMILES string of the molecule is CCC1Cc2ccc(C(C)C)cc2C(c2cccc(C)c2)N1. The molecular weight excluding hydrogens is 266 g/mol. The number of fused-ring (bicyclic) bond motifs is 1. The summed E-state index contributed by atoms with van der Waals surface area (Å²) in [4.78, 5) is 0. The topological polar surface area (TPSA) is 12.0 Å². The fourth-order valence-electron chi connectivity index (χ4n) is 3.46. The Balaban J connectivity index is 2.08. The van der Waals surface area contributed by atoms with Crippen LogP contribution in [0.15, 0.2) is 42.5 Å². The van der Waals surface area contributed by atoms with E-state index in [1.54, 1.807) is 0 Å². The van der Waals surface area contributed by atoms with Crippen molar-refractivity contribution in [1.29, 1.82) is 0 Å². The van der Waals surface area contributed by atoms with Crippen LogP contribution in [-0.2, 0) is 6.42 Å². The van der Waals surface area contributed by atoms with Crippen molar-refractivity contribution in [1.82, 2.24) is 5.32 Å². The van der Waals surface area contributed by atoms with Crippen LogP contribution in [0.3, 0.4) is 0 Å². The van der Waals surface area contributed by atoms with Gasteiger partial charge in [0.25, 0.3) is 0 Å². The molecule has 1 N–H and O–H groups in total. The molecule has 1 heterocycles. The van der Waals surface area contributed by atoms with Gasteiger partial charge in [-0.2, -0.15) is 0 Å². The smallest absolute Gasteiger partial charge is 0.0581 e. The van der Waals surface area contributed by atoms with Gasteiger partial charge in [-0.25, -0.2) is 0 Å². The van der Waals surface area contributed by atoms with Gasteiger partial charge in [-0.3, -0.25) is 0 Å². The molecule has 0 aliphatic carbocycles. The van der Waals surface area contributed by atoms with Gasteiger partial charge >= 0.3 is 0 Å². The highest BCUT2D eigenvalue weighted by Gasteiger charge is 2.26. The maximum Gasteiger partial charge on any atom is 0.0581 e. The van der Waals surface area contributed by atoms with Crippen molar-refractivity contribution in [2.45, 2.75) is 58.5 Å². The largest absolute Gasteiger partial charge is 0.303 e. The Bertz CT molecular complexity index is 657. The zero-order valence-corrected chi connectivity index (χ0v) is 14.2. The van der Waals surface area contributed by atoms with E-state index in [0.717, 1.165) is 6.42 Å². The van der Waals surface area contributed by atoms with Crippen LogP contribution in [0.4, 0.5) is 0 Å². The van der Waals surface area contributed by atoms with Crippen LogP contribution < -0.4 is 5.32 Å². The standard InChI is InChI=1S/C21H27N/c1-5-19-12-17-10-9-16(14(2)3)13-20(17)21(22-19)18-8-6-7-15(4)11-18/h6-11,13-14,19,21-22H,5,12H2,1-4H3. The van der Waals surface area contributed by atoms with Crippen LogP contribution in [0.5, 0.6) is 0 Å². The lowest BCUT2D eigenvalue weighted by molar-refractivity contribution is 0.427.